The van der Waals surface area contributed by atoms with E-state index in [1.807, 2.05) is 46.8 Å². The zero-order valence-electron chi connectivity index (χ0n) is 13.0. The fraction of sp³-hybridized carbons (Fsp3) is 0.438. The number of rotatable bonds is 4. The second kappa shape index (κ2) is 5.93. The van der Waals surface area contributed by atoms with Crippen LogP contribution < -0.4 is 4.74 Å². The van der Waals surface area contributed by atoms with Crippen LogP contribution in [0.5, 0.6) is 5.75 Å². The second-order valence-electron chi connectivity index (χ2n) is 6.22. The first-order valence-corrected chi connectivity index (χ1v) is 7.70. The molecule has 0 aliphatic carbocycles. The van der Waals surface area contributed by atoms with Crippen molar-refractivity contribution in [3.63, 3.8) is 0 Å². The third-order valence-electron chi connectivity index (χ3n) is 2.87. The molecule has 0 spiro atoms. The number of ketones is 1. The van der Waals surface area contributed by atoms with E-state index in [0.717, 1.165) is 17.2 Å². The summed E-state index contributed by atoms with van der Waals surface area (Å²) in [5, 5.41) is 4.12. The average Bonchev–Trinajstić information content (AvgIpc) is 2.86. The molecule has 0 radical (unpaired) electrons. The molecule has 0 aliphatic heterocycles. The van der Waals surface area contributed by atoms with Gasteiger partial charge in [-0.05, 0) is 37.5 Å². The predicted molar refractivity (Wildman–Crippen MR) is 84.2 cm³/mol. The summed E-state index contributed by atoms with van der Waals surface area (Å²) in [6.45, 7) is 10.00. The molecule has 0 aliphatic rings. The summed E-state index contributed by atoms with van der Waals surface area (Å²) < 4.78 is 9.59. The Bertz CT molecular complexity index is 642. The van der Waals surface area contributed by atoms with Gasteiger partial charge in [0.25, 0.3) is 0 Å². The Balaban J connectivity index is 2.35. The van der Waals surface area contributed by atoms with E-state index in [1.165, 1.54) is 0 Å². The van der Waals surface area contributed by atoms with E-state index < -0.39 is 0 Å². The van der Waals surface area contributed by atoms with E-state index in [4.69, 9.17) is 4.74 Å². The number of benzene rings is 1. The van der Waals surface area contributed by atoms with E-state index in [2.05, 4.69) is 9.59 Å². The van der Waals surface area contributed by atoms with Crippen LogP contribution in [0, 0.1) is 0 Å². The van der Waals surface area contributed by atoms with Crippen molar-refractivity contribution in [1.29, 1.82) is 0 Å². The van der Waals surface area contributed by atoms with Crippen molar-refractivity contribution in [3.8, 4) is 5.75 Å². The van der Waals surface area contributed by atoms with Crippen LogP contribution in [-0.2, 0) is 5.41 Å². The summed E-state index contributed by atoms with van der Waals surface area (Å²) in [6, 6.07) is 7.25. The highest BCUT2D eigenvalue weighted by Gasteiger charge is 2.27. The minimum atomic E-state index is -0.204. The largest absolute Gasteiger partial charge is 0.491 e. The molecule has 112 valence electrons. The molecule has 2 rings (SSSR count). The van der Waals surface area contributed by atoms with Crippen LogP contribution >= 0.6 is 11.5 Å². The normalized spacial score (nSPS) is 11.7. The molecule has 2 aromatic rings. The molecule has 1 aromatic heterocycles. The van der Waals surface area contributed by atoms with Crippen LogP contribution in [0.15, 0.2) is 24.3 Å². The van der Waals surface area contributed by atoms with Gasteiger partial charge in [-0.15, -0.1) is 5.10 Å². The number of ether oxygens (including phenoxy) is 1. The van der Waals surface area contributed by atoms with Crippen molar-refractivity contribution in [1.82, 2.24) is 9.59 Å². The molecule has 0 saturated heterocycles. The van der Waals surface area contributed by atoms with Crippen molar-refractivity contribution < 1.29 is 9.53 Å². The van der Waals surface area contributed by atoms with Crippen molar-refractivity contribution in [3.05, 3.63) is 40.4 Å². The summed E-state index contributed by atoms with van der Waals surface area (Å²) in [5.41, 5.74) is 1.14. The zero-order valence-corrected chi connectivity index (χ0v) is 13.8. The number of hydrogen-bond donors (Lipinski definition) is 0. The Morgan fingerprint density at radius 2 is 2.00 bits per heavy atom. The Morgan fingerprint density at radius 3 is 2.62 bits per heavy atom. The molecule has 0 bridgehead atoms. The number of carbonyl (C=O) groups excluding carboxylic acids is 1. The maximum Gasteiger partial charge on any atom is 0.206 e. The van der Waals surface area contributed by atoms with E-state index in [9.17, 15) is 4.79 Å². The van der Waals surface area contributed by atoms with Gasteiger partial charge in [-0.25, -0.2) is 0 Å². The molecule has 0 fully saturated rings. The van der Waals surface area contributed by atoms with Gasteiger partial charge in [0.15, 0.2) is 0 Å². The quantitative estimate of drug-likeness (QED) is 0.805. The highest BCUT2D eigenvalue weighted by Crippen LogP contribution is 2.28. The standard InChI is InChI=1S/C16H20N2O2S/c1-10(2)20-12-8-6-7-11(9-12)13(19)14-15(16(3,4)5)17-18-21-14/h6-10H,1-5H3. The third kappa shape index (κ3) is 3.67. The van der Waals surface area contributed by atoms with Crippen LogP contribution in [0.3, 0.4) is 0 Å². The van der Waals surface area contributed by atoms with Gasteiger partial charge in [0.2, 0.25) is 5.78 Å². The van der Waals surface area contributed by atoms with Crippen LogP contribution in [0.4, 0.5) is 0 Å². The lowest BCUT2D eigenvalue weighted by molar-refractivity contribution is 0.103. The van der Waals surface area contributed by atoms with Gasteiger partial charge >= 0.3 is 0 Å². The number of aromatic nitrogens is 2. The summed E-state index contributed by atoms with van der Waals surface area (Å²) in [5.74, 6) is 0.648. The summed E-state index contributed by atoms with van der Waals surface area (Å²) in [6.07, 6.45) is 0.0746. The van der Waals surface area contributed by atoms with E-state index >= 15 is 0 Å². The maximum atomic E-state index is 12.7. The highest BCUT2D eigenvalue weighted by atomic mass is 32.1. The van der Waals surface area contributed by atoms with Gasteiger partial charge in [-0.3, -0.25) is 4.79 Å². The maximum absolute atomic E-state index is 12.7. The third-order valence-corrected chi connectivity index (χ3v) is 3.60. The molecule has 0 atom stereocenters. The van der Waals surface area contributed by atoms with Crippen LogP contribution in [0.25, 0.3) is 0 Å². The molecular weight excluding hydrogens is 284 g/mol. The fourth-order valence-corrected chi connectivity index (χ4v) is 2.78. The van der Waals surface area contributed by atoms with Crippen molar-refractivity contribution in [2.45, 2.75) is 46.1 Å². The SMILES string of the molecule is CC(C)Oc1cccc(C(=O)c2snnc2C(C)(C)C)c1. The Labute approximate surface area is 129 Å². The number of nitrogens with zero attached hydrogens (tertiary/aromatic N) is 2. The Hall–Kier alpha value is -1.75. The molecule has 0 unspecified atom stereocenters. The van der Waals surface area contributed by atoms with Gasteiger partial charge < -0.3 is 4.74 Å². The summed E-state index contributed by atoms with van der Waals surface area (Å²) in [4.78, 5) is 13.3. The van der Waals surface area contributed by atoms with Crippen molar-refractivity contribution >= 4 is 17.3 Å². The summed E-state index contributed by atoms with van der Waals surface area (Å²) in [7, 11) is 0. The molecule has 21 heavy (non-hydrogen) atoms. The first-order chi connectivity index (χ1) is 9.79. The molecule has 0 N–H and O–H groups in total. The second-order valence-corrected chi connectivity index (χ2v) is 6.98. The molecule has 1 aromatic carbocycles. The smallest absolute Gasteiger partial charge is 0.206 e. The molecule has 1 heterocycles. The minimum absolute atomic E-state index is 0.0517. The highest BCUT2D eigenvalue weighted by molar-refractivity contribution is 7.08. The molecular formula is C16H20N2O2S. The van der Waals surface area contributed by atoms with Crippen LogP contribution in [0.2, 0.25) is 0 Å². The fourth-order valence-electron chi connectivity index (χ4n) is 1.94. The molecule has 4 nitrogen and oxygen atoms in total. The molecule has 0 amide bonds. The van der Waals surface area contributed by atoms with Gasteiger partial charge in [-0.2, -0.15) is 0 Å². The van der Waals surface area contributed by atoms with Crippen molar-refractivity contribution in [2.75, 3.05) is 0 Å². The Morgan fingerprint density at radius 1 is 1.29 bits per heavy atom. The first kappa shape index (κ1) is 15.6. The summed E-state index contributed by atoms with van der Waals surface area (Å²) >= 11 is 1.15. The van der Waals surface area contributed by atoms with Gasteiger partial charge in [-0.1, -0.05) is 37.4 Å². The Kier molecular flexibility index (Phi) is 4.42. The van der Waals surface area contributed by atoms with E-state index in [-0.39, 0.29) is 17.3 Å². The van der Waals surface area contributed by atoms with Gasteiger partial charge in [0.1, 0.15) is 10.6 Å². The zero-order chi connectivity index (χ0) is 15.6. The average molecular weight is 304 g/mol. The molecule has 0 saturated carbocycles. The lowest BCUT2D eigenvalue weighted by Crippen LogP contribution is -2.16. The monoisotopic (exact) mass is 304 g/mol. The minimum Gasteiger partial charge on any atom is -0.491 e. The lowest BCUT2D eigenvalue weighted by atomic mass is 9.90. The van der Waals surface area contributed by atoms with Crippen LogP contribution in [0.1, 0.15) is 55.5 Å². The topological polar surface area (TPSA) is 52.1 Å². The number of hydrogen-bond acceptors (Lipinski definition) is 5. The lowest BCUT2D eigenvalue weighted by Gasteiger charge is -2.16. The van der Waals surface area contributed by atoms with Crippen LogP contribution in [-0.4, -0.2) is 21.5 Å². The van der Waals surface area contributed by atoms with E-state index in [0.29, 0.717) is 16.2 Å². The first-order valence-electron chi connectivity index (χ1n) is 6.93. The number of carbonyl (C=O) groups is 1. The van der Waals surface area contributed by atoms with Gasteiger partial charge in [0.05, 0.1) is 11.8 Å². The van der Waals surface area contributed by atoms with Gasteiger partial charge in [0, 0.05) is 11.0 Å². The van der Waals surface area contributed by atoms with Crippen molar-refractivity contribution in [2.24, 2.45) is 0 Å². The molecule has 5 heteroatoms. The predicted octanol–water partition coefficient (Wildman–Crippen LogP) is 3.85. The van der Waals surface area contributed by atoms with E-state index in [1.54, 1.807) is 12.1 Å².